The minimum absolute atomic E-state index is 0.0409. The van der Waals surface area contributed by atoms with Crippen LogP contribution in [-0.4, -0.2) is 36.9 Å². The van der Waals surface area contributed by atoms with Crippen molar-refractivity contribution >= 4 is 40.4 Å². The smallest absolute Gasteiger partial charge is 0.306 e. The number of carbonyl (C=O) groups is 3. The summed E-state index contributed by atoms with van der Waals surface area (Å²) in [5, 5.41) is 4.51. The normalized spacial score (nSPS) is 10.6. The summed E-state index contributed by atoms with van der Waals surface area (Å²) in [5.41, 5.74) is 1.72. The molecule has 2 aromatic rings. The molecule has 1 N–H and O–H groups in total. The van der Waals surface area contributed by atoms with Gasteiger partial charge in [0, 0.05) is 30.4 Å². The van der Waals surface area contributed by atoms with E-state index in [0.717, 1.165) is 12.2 Å². The first-order valence-corrected chi connectivity index (χ1v) is 10.2. The number of ether oxygens (including phenoxy) is 1. The number of nitrogens with zero attached hydrogens (tertiary/aromatic N) is 1. The average Bonchev–Trinajstić information content (AvgIpc) is 3.21. The maximum absolute atomic E-state index is 12.0. The Labute approximate surface area is 169 Å². The molecule has 0 unspecified atom stereocenters. The first-order chi connectivity index (χ1) is 13.4. The molecular weight excluding hydrogens is 376 g/mol. The van der Waals surface area contributed by atoms with Gasteiger partial charge in [-0.2, -0.15) is 0 Å². The Hall–Kier alpha value is -2.67. The minimum atomic E-state index is -0.564. The summed E-state index contributed by atoms with van der Waals surface area (Å²) in [7, 11) is 0. The number of Topliss-reactive ketones (excluding diaryl/α,β-unsaturated/α-hetero) is 1. The third-order valence-electron chi connectivity index (χ3n) is 4.16. The average molecular weight is 403 g/mol. The second kappa shape index (κ2) is 10.6. The lowest BCUT2D eigenvalue weighted by atomic mass is 10.2. The summed E-state index contributed by atoms with van der Waals surface area (Å²) in [6.45, 7) is 6.87. The van der Waals surface area contributed by atoms with Gasteiger partial charge in [0.1, 0.15) is 0 Å². The van der Waals surface area contributed by atoms with Crippen LogP contribution in [0.1, 0.15) is 43.3 Å². The first kappa shape index (κ1) is 21.6. The molecule has 1 aromatic heterocycles. The molecule has 0 aliphatic carbocycles. The van der Waals surface area contributed by atoms with Crippen LogP contribution in [0.2, 0.25) is 0 Å². The minimum Gasteiger partial charge on any atom is -0.456 e. The fourth-order valence-corrected chi connectivity index (χ4v) is 3.47. The molecule has 7 heteroatoms. The number of hydrogen-bond donors (Lipinski definition) is 1. The molecular formula is C21H26N2O4S. The highest BCUT2D eigenvalue weighted by molar-refractivity contribution is 7.12. The van der Waals surface area contributed by atoms with E-state index < -0.39 is 11.9 Å². The zero-order valence-corrected chi connectivity index (χ0v) is 17.3. The van der Waals surface area contributed by atoms with Gasteiger partial charge < -0.3 is 15.0 Å². The molecule has 2 rings (SSSR count). The van der Waals surface area contributed by atoms with E-state index in [1.165, 1.54) is 11.3 Å². The second-order valence-corrected chi connectivity index (χ2v) is 7.48. The van der Waals surface area contributed by atoms with Crippen molar-refractivity contribution in [2.45, 2.75) is 39.7 Å². The van der Waals surface area contributed by atoms with E-state index in [0.29, 0.717) is 16.6 Å². The number of ketones is 1. The molecule has 0 saturated carbocycles. The fraction of sp³-hybridized carbons (Fsp3) is 0.381. The van der Waals surface area contributed by atoms with Crippen molar-refractivity contribution in [3.8, 4) is 0 Å². The highest BCUT2D eigenvalue weighted by Gasteiger charge is 2.13. The lowest BCUT2D eigenvalue weighted by Crippen LogP contribution is -2.30. The second-order valence-electron chi connectivity index (χ2n) is 6.54. The van der Waals surface area contributed by atoms with Gasteiger partial charge >= 0.3 is 5.97 Å². The Bertz CT molecular complexity index is 785. The Balaban J connectivity index is 1.74. The van der Waals surface area contributed by atoms with Gasteiger partial charge in [-0.1, -0.05) is 6.07 Å². The predicted molar refractivity (Wildman–Crippen MR) is 112 cm³/mol. The summed E-state index contributed by atoms with van der Waals surface area (Å²) in [5.74, 6) is -1.08. The molecule has 0 atom stereocenters. The van der Waals surface area contributed by atoms with E-state index in [9.17, 15) is 14.4 Å². The molecule has 0 spiro atoms. The zero-order valence-electron chi connectivity index (χ0n) is 16.4. The lowest BCUT2D eigenvalue weighted by Gasteiger charge is -2.27. The third-order valence-corrected chi connectivity index (χ3v) is 5.07. The van der Waals surface area contributed by atoms with E-state index in [1.54, 1.807) is 12.1 Å². The van der Waals surface area contributed by atoms with Crippen LogP contribution in [0.5, 0.6) is 0 Å². The molecule has 0 radical (unpaired) electrons. The number of thiophene rings is 1. The van der Waals surface area contributed by atoms with Gasteiger partial charge in [0.05, 0.1) is 11.3 Å². The highest BCUT2D eigenvalue weighted by atomic mass is 32.1. The summed E-state index contributed by atoms with van der Waals surface area (Å²) >= 11 is 1.34. The van der Waals surface area contributed by atoms with Gasteiger partial charge in [-0.15, -0.1) is 11.3 Å². The Morgan fingerprint density at radius 2 is 1.82 bits per heavy atom. The Morgan fingerprint density at radius 3 is 2.39 bits per heavy atom. The van der Waals surface area contributed by atoms with Crippen LogP contribution in [0.15, 0.2) is 41.8 Å². The quantitative estimate of drug-likeness (QED) is 0.478. The number of anilines is 2. The molecule has 28 heavy (non-hydrogen) atoms. The van der Waals surface area contributed by atoms with Crippen molar-refractivity contribution in [3.63, 3.8) is 0 Å². The van der Waals surface area contributed by atoms with Gasteiger partial charge in [-0.3, -0.25) is 14.4 Å². The van der Waals surface area contributed by atoms with Crippen LogP contribution in [0.4, 0.5) is 11.4 Å². The van der Waals surface area contributed by atoms with Gasteiger partial charge in [-0.05, 0) is 56.5 Å². The number of benzene rings is 1. The SMILES string of the molecule is CCN(c1ccc(NC(=O)COC(=O)CCC(=O)c2cccs2)cc1)C(C)C. The van der Waals surface area contributed by atoms with Crippen LogP contribution >= 0.6 is 11.3 Å². The van der Waals surface area contributed by atoms with Crippen molar-refractivity contribution in [1.82, 2.24) is 0 Å². The lowest BCUT2D eigenvalue weighted by molar-refractivity contribution is -0.147. The molecule has 0 aliphatic rings. The maximum Gasteiger partial charge on any atom is 0.306 e. The van der Waals surface area contributed by atoms with Crippen LogP contribution in [0, 0.1) is 0 Å². The predicted octanol–water partition coefficient (Wildman–Crippen LogP) is 4.13. The summed E-state index contributed by atoms with van der Waals surface area (Å²) in [6.07, 6.45) is 0.0347. The molecule has 150 valence electrons. The highest BCUT2D eigenvalue weighted by Crippen LogP contribution is 2.20. The Kier molecular flexibility index (Phi) is 8.19. The summed E-state index contributed by atoms with van der Waals surface area (Å²) in [4.78, 5) is 38.4. The van der Waals surface area contributed by atoms with Crippen molar-refractivity contribution in [3.05, 3.63) is 46.7 Å². The third kappa shape index (κ3) is 6.49. The van der Waals surface area contributed by atoms with E-state index in [2.05, 4.69) is 31.0 Å². The number of carbonyl (C=O) groups excluding carboxylic acids is 3. The monoisotopic (exact) mass is 402 g/mol. The van der Waals surface area contributed by atoms with Crippen molar-refractivity contribution in [2.24, 2.45) is 0 Å². The molecule has 0 aliphatic heterocycles. The molecule has 0 saturated heterocycles. The number of esters is 1. The summed E-state index contributed by atoms with van der Waals surface area (Å²) < 4.78 is 4.95. The largest absolute Gasteiger partial charge is 0.456 e. The van der Waals surface area contributed by atoms with Crippen molar-refractivity contribution in [2.75, 3.05) is 23.4 Å². The summed E-state index contributed by atoms with van der Waals surface area (Å²) in [6, 6.07) is 11.4. The van der Waals surface area contributed by atoms with Crippen LogP contribution in [0.25, 0.3) is 0 Å². The number of nitrogens with one attached hydrogen (secondary N) is 1. The molecule has 6 nitrogen and oxygen atoms in total. The van der Waals surface area contributed by atoms with Crippen LogP contribution in [-0.2, 0) is 14.3 Å². The first-order valence-electron chi connectivity index (χ1n) is 9.29. The maximum atomic E-state index is 12.0. The van der Waals surface area contributed by atoms with Gasteiger partial charge in [0.25, 0.3) is 5.91 Å². The zero-order chi connectivity index (χ0) is 20.5. The molecule has 1 aromatic carbocycles. The van der Waals surface area contributed by atoms with Crippen molar-refractivity contribution in [1.29, 1.82) is 0 Å². The molecule has 1 heterocycles. The molecule has 0 fully saturated rings. The van der Waals surface area contributed by atoms with E-state index in [-0.39, 0.29) is 25.2 Å². The topological polar surface area (TPSA) is 75.7 Å². The van der Waals surface area contributed by atoms with Gasteiger partial charge in [0.15, 0.2) is 12.4 Å². The van der Waals surface area contributed by atoms with E-state index >= 15 is 0 Å². The van der Waals surface area contributed by atoms with Crippen LogP contribution < -0.4 is 10.2 Å². The van der Waals surface area contributed by atoms with Crippen LogP contribution in [0.3, 0.4) is 0 Å². The number of amides is 1. The van der Waals surface area contributed by atoms with Gasteiger partial charge in [0.2, 0.25) is 0 Å². The Morgan fingerprint density at radius 1 is 1.11 bits per heavy atom. The molecule has 0 bridgehead atoms. The number of hydrogen-bond acceptors (Lipinski definition) is 6. The van der Waals surface area contributed by atoms with Gasteiger partial charge in [-0.25, -0.2) is 0 Å². The van der Waals surface area contributed by atoms with E-state index in [4.69, 9.17) is 4.74 Å². The fourth-order valence-electron chi connectivity index (χ4n) is 2.77. The van der Waals surface area contributed by atoms with Crippen molar-refractivity contribution < 1.29 is 19.1 Å². The number of rotatable bonds is 10. The molecule has 1 amide bonds. The standard InChI is InChI=1S/C21H26N2O4S/c1-4-23(15(2)3)17-9-7-16(8-10-17)22-20(25)14-27-21(26)12-11-18(24)19-6-5-13-28-19/h5-10,13,15H,4,11-12,14H2,1-3H3,(H,22,25). The van der Waals surface area contributed by atoms with E-state index in [1.807, 2.05) is 29.6 Å².